The van der Waals surface area contributed by atoms with Gasteiger partial charge in [-0.05, 0) is 166 Å². The second-order valence-corrected chi connectivity index (χ2v) is 23.0. The van der Waals surface area contributed by atoms with Gasteiger partial charge in [0.05, 0.1) is 59.2 Å². The molecule has 0 aliphatic carbocycles. The fourth-order valence-corrected chi connectivity index (χ4v) is 12.6. The van der Waals surface area contributed by atoms with Crippen LogP contribution in [0.3, 0.4) is 0 Å². The van der Waals surface area contributed by atoms with Gasteiger partial charge < -0.3 is 33.9 Å². The standard InChI is InChI=1S/C38H36N3O4.C30H31ClN2O2.C8H5NO2.K/c1-2-31(26-10-4-3-5-11-26)36(28-17-20-34-29(24-28)25-39-41(34)35-14-8-9-22-45-35)27-15-18-30(19-16-27)44-23-21-40-37(42)32-12-6-7-13-33(32)38(40)43;1-2-27(22-8-4-3-5-9-22)30(23-11-14-26(15-12-23)34-19-17-31)24-13-16-28-25(20-24)21-32-33(28)29-10-6-7-18-35-29;10-7-5-3-1-2-4-6(5)8(11)9-7;/h3-7,10-13,15-20,24,35H,2,8-9,14,21-23,25H2,1H3;3-5,8-9,11-16,20-21,29H,2,6-7,10,17-19H2,1H3;1-4H,(H,9,10,11);/q+1;;;+1/p-1/b36-31+;30-27+;;. The Hall–Kier alpha value is -7.96. The van der Waals surface area contributed by atoms with E-state index in [4.69, 9.17) is 40.8 Å². The summed E-state index contributed by atoms with van der Waals surface area (Å²) in [7, 11) is 0. The molecule has 5 aliphatic heterocycles. The number of benzene rings is 8. The van der Waals surface area contributed by atoms with Crippen LogP contribution in [0.1, 0.15) is 152 Å². The molecule has 14 nitrogen and oxygen atoms in total. The van der Waals surface area contributed by atoms with Crippen LogP contribution in [-0.2, 0) is 16.0 Å². The molecular weight excluding hydrogens is 1200 g/mol. The zero-order valence-electron chi connectivity index (χ0n) is 52.1. The predicted molar refractivity (Wildman–Crippen MR) is 355 cm³/mol. The second kappa shape index (κ2) is 31.1. The van der Waals surface area contributed by atoms with E-state index in [0.717, 1.165) is 97.2 Å². The smallest absolute Gasteiger partial charge is 0.587 e. The molecule has 14 rings (SSSR count). The minimum absolute atomic E-state index is 0. The average Bonchev–Trinajstić information content (AvgIpc) is 1.42. The monoisotopic (exact) mass is 1270 g/mol. The Balaban J connectivity index is 0.000000163. The zero-order valence-corrected chi connectivity index (χ0v) is 56.0. The van der Waals surface area contributed by atoms with Crippen molar-refractivity contribution in [1.82, 2.24) is 14.7 Å². The van der Waals surface area contributed by atoms with Crippen LogP contribution < -0.4 is 60.9 Å². The third kappa shape index (κ3) is 14.6. The van der Waals surface area contributed by atoms with Gasteiger partial charge in [0.2, 0.25) is 5.69 Å². The summed E-state index contributed by atoms with van der Waals surface area (Å²) in [6.45, 7) is 7.56. The van der Waals surface area contributed by atoms with Crippen LogP contribution in [0.2, 0.25) is 0 Å². The van der Waals surface area contributed by atoms with Crippen molar-refractivity contribution in [2.45, 2.75) is 84.2 Å². The van der Waals surface area contributed by atoms with Crippen molar-refractivity contribution in [2.24, 2.45) is 5.11 Å². The summed E-state index contributed by atoms with van der Waals surface area (Å²) in [6.07, 6.45) is 10.4. The number of nitrogens with zero attached hydrogens (tertiary/aromatic N) is 6. The number of halogens is 1. The van der Waals surface area contributed by atoms with Crippen LogP contribution in [0.25, 0.3) is 38.5 Å². The molecule has 16 heteroatoms. The van der Waals surface area contributed by atoms with Gasteiger partial charge >= 0.3 is 51.4 Å². The first-order valence-electron chi connectivity index (χ1n) is 31.4. The van der Waals surface area contributed by atoms with Gasteiger partial charge in [0.25, 0.3) is 18.0 Å². The number of rotatable bonds is 17. The second-order valence-electron chi connectivity index (χ2n) is 22.6. The number of ether oxygens (including phenoxy) is 4. The molecule has 0 spiro atoms. The first-order chi connectivity index (χ1) is 44.7. The third-order valence-corrected chi connectivity index (χ3v) is 17.1. The van der Waals surface area contributed by atoms with Crippen LogP contribution in [0.4, 0.5) is 5.69 Å². The molecule has 2 unspecified atom stereocenters. The molecule has 8 aromatic carbocycles. The van der Waals surface area contributed by atoms with Gasteiger partial charge in [-0.1, -0.05) is 146 Å². The molecule has 6 heterocycles. The third-order valence-electron chi connectivity index (χ3n) is 17.0. The van der Waals surface area contributed by atoms with Gasteiger partial charge in [-0.2, -0.15) is 5.10 Å². The maximum absolute atomic E-state index is 12.7. The molecule has 0 bridgehead atoms. The number of aromatic nitrogens is 2. The summed E-state index contributed by atoms with van der Waals surface area (Å²) in [4.78, 5) is 48.5. The van der Waals surface area contributed by atoms with Crippen LogP contribution in [-0.4, -0.2) is 88.1 Å². The molecule has 460 valence electrons. The molecule has 2 saturated heterocycles. The van der Waals surface area contributed by atoms with E-state index in [-0.39, 0.29) is 88.8 Å². The Morgan fingerprint density at radius 2 is 1.08 bits per heavy atom. The fourth-order valence-electron chi connectivity index (χ4n) is 12.6. The number of allylic oxidation sites excluding steroid dienone is 2. The van der Waals surface area contributed by atoms with Crippen molar-refractivity contribution < 1.29 is 94.2 Å². The van der Waals surface area contributed by atoms with E-state index in [0.29, 0.717) is 47.0 Å². The van der Waals surface area contributed by atoms with Crippen molar-refractivity contribution in [3.63, 3.8) is 0 Å². The number of hydrogen-bond acceptors (Lipinski definition) is 10. The SMILES string of the molecule is CC/C(=C(/c1ccc(OCCCl)cc1)c1ccc2c(cnn2C2CCCCO2)c1)c1ccccc1.CC/C(=C(/c1ccc(OCCN2C(=O)c3ccccc3C2=O)cc1)c1ccc2c(c1)CN=[N+]2C1CCCCO1)c1ccccc1.O=C1[N-]C(=O)c2ccccc21.[K+]. The van der Waals surface area contributed by atoms with E-state index < -0.39 is 11.8 Å². The summed E-state index contributed by atoms with van der Waals surface area (Å²) < 4.78 is 27.9. The molecule has 4 amide bonds. The normalized spacial score (nSPS) is 16.9. The number of amides is 4. The zero-order chi connectivity index (χ0) is 62.6. The number of alkyl halides is 1. The average molecular weight is 1270 g/mol. The maximum Gasteiger partial charge on any atom is 1.00 e. The maximum atomic E-state index is 12.7. The van der Waals surface area contributed by atoms with Gasteiger partial charge in [0, 0.05) is 35.6 Å². The van der Waals surface area contributed by atoms with E-state index >= 15 is 0 Å². The van der Waals surface area contributed by atoms with E-state index in [2.05, 4.69) is 139 Å². The van der Waals surface area contributed by atoms with Crippen molar-refractivity contribution in [3.8, 4) is 11.5 Å². The van der Waals surface area contributed by atoms with Gasteiger partial charge in [-0.15, -0.1) is 11.6 Å². The quantitative estimate of drug-likeness (QED) is 0.0285. The molecule has 2 atom stereocenters. The molecule has 0 radical (unpaired) electrons. The van der Waals surface area contributed by atoms with E-state index in [1.807, 2.05) is 41.2 Å². The van der Waals surface area contributed by atoms with Gasteiger partial charge in [-0.25, -0.2) is 4.68 Å². The summed E-state index contributed by atoms with van der Waals surface area (Å²) in [5.74, 6) is 0.596. The predicted octanol–water partition coefficient (Wildman–Crippen LogP) is 13.9. The minimum atomic E-state index is -0.425. The number of carbonyl (C=O) groups excluding carboxylic acids is 4. The van der Waals surface area contributed by atoms with Crippen LogP contribution in [0, 0.1) is 0 Å². The number of hydrogen-bond donors (Lipinski definition) is 0. The van der Waals surface area contributed by atoms with Crippen LogP contribution >= 0.6 is 11.6 Å². The van der Waals surface area contributed by atoms with Crippen LogP contribution in [0.5, 0.6) is 11.5 Å². The van der Waals surface area contributed by atoms with Crippen molar-refractivity contribution in [1.29, 1.82) is 0 Å². The Labute approximate surface area is 584 Å². The summed E-state index contributed by atoms with van der Waals surface area (Å²) in [5, 5.41) is 14.0. The van der Waals surface area contributed by atoms with Gasteiger partial charge in [0.15, 0.2) is 6.23 Å². The molecular formula is C76H71ClKN6O8+. The van der Waals surface area contributed by atoms with Crippen molar-refractivity contribution >= 4 is 74.1 Å². The van der Waals surface area contributed by atoms with E-state index in [1.165, 1.54) is 55.9 Å². The first kappa shape index (κ1) is 65.5. The summed E-state index contributed by atoms with van der Waals surface area (Å²) in [6, 6.07) is 64.5. The van der Waals surface area contributed by atoms with Crippen molar-refractivity contribution in [2.75, 3.05) is 38.9 Å². The molecule has 0 N–H and O–H groups in total. The fraction of sp³-hybridized carbons (Fsp3) is 0.250. The van der Waals surface area contributed by atoms with E-state index in [1.54, 1.807) is 48.5 Å². The summed E-state index contributed by atoms with van der Waals surface area (Å²) >= 11 is 5.79. The molecule has 9 aromatic rings. The molecule has 92 heavy (non-hydrogen) atoms. The number of azo groups is 2. The van der Waals surface area contributed by atoms with Gasteiger partial charge in [0.1, 0.15) is 31.3 Å². The Kier molecular flexibility index (Phi) is 22.2. The Morgan fingerprint density at radius 3 is 1.61 bits per heavy atom. The van der Waals surface area contributed by atoms with Gasteiger partial charge in [-0.3, -0.25) is 14.5 Å². The van der Waals surface area contributed by atoms with Crippen molar-refractivity contribution in [3.05, 3.63) is 267 Å². The molecule has 2 fully saturated rings. The largest absolute Gasteiger partial charge is 1.00 e. The number of imide groups is 2. The molecule has 5 aliphatic rings. The molecule has 1 aromatic heterocycles. The number of carbonyl (C=O) groups is 4. The minimum Gasteiger partial charge on any atom is -0.587 e. The Bertz CT molecular complexity index is 4150. The van der Waals surface area contributed by atoms with Crippen LogP contribution in [0.15, 0.2) is 205 Å². The topological polar surface area (TPSA) is 156 Å². The summed E-state index contributed by atoms with van der Waals surface area (Å²) in [5.41, 5.74) is 17.2. The Morgan fingerprint density at radius 1 is 0.565 bits per heavy atom. The number of fused-ring (bicyclic) bond motifs is 4. The molecule has 0 saturated carbocycles. The first-order valence-corrected chi connectivity index (χ1v) is 32.0. The van der Waals surface area contributed by atoms with E-state index in [9.17, 15) is 19.2 Å².